The second kappa shape index (κ2) is 7.06. The summed E-state index contributed by atoms with van der Waals surface area (Å²) < 4.78 is 0. The molecular formula is C20H27N. The lowest BCUT2D eigenvalue weighted by molar-refractivity contribution is 0.389. The minimum Gasteiger partial charge on any atom is -0.297 e. The molecule has 21 heavy (non-hydrogen) atoms. The summed E-state index contributed by atoms with van der Waals surface area (Å²) in [4.78, 5) is 4.71. The van der Waals surface area contributed by atoms with E-state index in [4.69, 9.17) is 4.99 Å². The third-order valence-corrected chi connectivity index (χ3v) is 5.15. The molecule has 2 aliphatic rings. The zero-order valence-corrected chi connectivity index (χ0v) is 13.2. The van der Waals surface area contributed by atoms with Gasteiger partial charge in [0.1, 0.15) is 0 Å². The number of benzene rings is 1. The molecule has 1 aliphatic carbocycles. The van der Waals surface area contributed by atoms with Crippen LogP contribution in [0.3, 0.4) is 0 Å². The Bertz CT molecular complexity index is 512. The molecule has 1 nitrogen and oxygen atoms in total. The van der Waals surface area contributed by atoms with E-state index in [0.717, 1.165) is 13.0 Å². The molecule has 112 valence electrons. The van der Waals surface area contributed by atoms with Crippen molar-refractivity contribution in [3.8, 4) is 0 Å². The quantitative estimate of drug-likeness (QED) is 0.642. The zero-order chi connectivity index (χ0) is 14.5. The third-order valence-electron chi connectivity index (χ3n) is 5.15. The Labute approximate surface area is 129 Å². The van der Waals surface area contributed by atoms with Crippen LogP contribution >= 0.6 is 0 Å². The summed E-state index contributed by atoms with van der Waals surface area (Å²) in [6.07, 6.45) is 11.6. The van der Waals surface area contributed by atoms with E-state index < -0.39 is 0 Å². The minimum absolute atomic E-state index is 0.649. The second-order valence-electron chi connectivity index (χ2n) is 6.63. The third kappa shape index (κ3) is 3.45. The van der Waals surface area contributed by atoms with E-state index in [1.165, 1.54) is 44.1 Å². The summed E-state index contributed by atoms with van der Waals surface area (Å²) in [5.74, 6) is 1.33. The molecule has 1 saturated carbocycles. The van der Waals surface area contributed by atoms with Gasteiger partial charge in [-0.15, -0.1) is 0 Å². The molecule has 0 radical (unpaired) electrons. The van der Waals surface area contributed by atoms with E-state index in [1.807, 2.05) is 0 Å². The van der Waals surface area contributed by atoms with Crippen LogP contribution in [0.2, 0.25) is 0 Å². The predicted octanol–water partition coefficient (Wildman–Crippen LogP) is 5.52. The van der Waals surface area contributed by atoms with E-state index in [9.17, 15) is 0 Å². The molecule has 3 rings (SSSR count). The molecule has 1 heterocycles. The van der Waals surface area contributed by atoms with Gasteiger partial charge in [-0.05, 0) is 43.2 Å². The summed E-state index contributed by atoms with van der Waals surface area (Å²) in [6.45, 7) is 3.30. The molecule has 1 fully saturated rings. The molecule has 0 saturated heterocycles. The molecule has 0 aromatic heterocycles. The summed E-state index contributed by atoms with van der Waals surface area (Å²) in [7, 11) is 0. The van der Waals surface area contributed by atoms with Crippen molar-refractivity contribution >= 4 is 11.8 Å². The Morgan fingerprint density at radius 2 is 1.71 bits per heavy atom. The first kappa shape index (κ1) is 14.6. The van der Waals surface area contributed by atoms with Gasteiger partial charge in [-0.25, -0.2) is 0 Å². The van der Waals surface area contributed by atoms with Crippen LogP contribution in [-0.2, 0) is 0 Å². The van der Waals surface area contributed by atoms with Gasteiger partial charge in [-0.3, -0.25) is 4.99 Å². The molecule has 1 aromatic carbocycles. The van der Waals surface area contributed by atoms with Gasteiger partial charge in [0.15, 0.2) is 0 Å². The second-order valence-corrected chi connectivity index (χ2v) is 6.63. The fourth-order valence-electron chi connectivity index (χ4n) is 4.02. The smallest absolute Gasteiger partial charge is 0.0422 e. The molecule has 2 atom stereocenters. The number of hydrogen-bond donors (Lipinski definition) is 0. The molecule has 2 unspecified atom stereocenters. The maximum absolute atomic E-state index is 4.71. The lowest BCUT2D eigenvalue weighted by Gasteiger charge is -2.32. The highest BCUT2D eigenvalue weighted by atomic mass is 14.7. The highest BCUT2D eigenvalue weighted by molar-refractivity contribution is 5.75. The number of aliphatic imine (C=N–C) groups is 1. The zero-order valence-electron chi connectivity index (χ0n) is 13.2. The van der Waals surface area contributed by atoms with Crippen molar-refractivity contribution in [2.45, 2.75) is 51.9 Å². The number of allylic oxidation sites excluding steroid dienone is 1. The molecule has 1 heteroatoms. The van der Waals surface area contributed by atoms with E-state index in [-0.39, 0.29) is 0 Å². The van der Waals surface area contributed by atoms with Gasteiger partial charge in [0.05, 0.1) is 0 Å². The highest BCUT2D eigenvalue weighted by Gasteiger charge is 2.27. The van der Waals surface area contributed by atoms with Gasteiger partial charge in [0, 0.05) is 18.7 Å². The van der Waals surface area contributed by atoms with Gasteiger partial charge >= 0.3 is 0 Å². The molecular weight excluding hydrogens is 254 g/mol. The van der Waals surface area contributed by atoms with Crippen molar-refractivity contribution in [2.24, 2.45) is 16.8 Å². The monoisotopic (exact) mass is 281 g/mol. The van der Waals surface area contributed by atoms with Crippen LogP contribution in [0, 0.1) is 11.8 Å². The molecule has 0 bridgehead atoms. The molecule has 0 amide bonds. The Morgan fingerprint density at radius 1 is 0.952 bits per heavy atom. The Kier molecular flexibility index (Phi) is 4.90. The van der Waals surface area contributed by atoms with E-state index in [2.05, 4.69) is 43.5 Å². The van der Waals surface area contributed by atoms with Crippen LogP contribution in [0.4, 0.5) is 0 Å². The van der Waals surface area contributed by atoms with Gasteiger partial charge in [0.25, 0.3) is 0 Å². The van der Waals surface area contributed by atoms with Gasteiger partial charge in [0.2, 0.25) is 0 Å². The maximum atomic E-state index is 4.71. The summed E-state index contributed by atoms with van der Waals surface area (Å²) in [5, 5.41) is 0. The fraction of sp³-hybridized carbons (Fsp3) is 0.550. The first-order valence-electron chi connectivity index (χ1n) is 8.61. The average molecular weight is 281 g/mol. The molecule has 1 aromatic rings. The SMILES string of the molecule is CC1=C(c2ccccc2)C2CCCCCCC2C=NCC1. The van der Waals surface area contributed by atoms with Crippen molar-refractivity contribution in [3.63, 3.8) is 0 Å². The summed E-state index contributed by atoms with van der Waals surface area (Å²) in [6, 6.07) is 11.1. The van der Waals surface area contributed by atoms with E-state index in [0.29, 0.717) is 11.8 Å². The average Bonchev–Trinajstić information content (AvgIpc) is 2.48. The Morgan fingerprint density at radius 3 is 2.52 bits per heavy atom. The van der Waals surface area contributed by atoms with Crippen molar-refractivity contribution in [3.05, 3.63) is 41.5 Å². The first-order chi connectivity index (χ1) is 10.4. The van der Waals surface area contributed by atoms with Crippen LogP contribution in [0.15, 0.2) is 40.9 Å². The lowest BCUT2D eigenvalue weighted by Crippen LogP contribution is -2.22. The van der Waals surface area contributed by atoms with Crippen molar-refractivity contribution in [2.75, 3.05) is 6.54 Å². The van der Waals surface area contributed by atoms with E-state index >= 15 is 0 Å². The fourth-order valence-corrected chi connectivity index (χ4v) is 4.02. The van der Waals surface area contributed by atoms with Crippen LogP contribution in [0.1, 0.15) is 57.4 Å². The van der Waals surface area contributed by atoms with Gasteiger partial charge in [-0.2, -0.15) is 0 Å². The maximum Gasteiger partial charge on any atom is 0.0422 e. The Balaban J connectivity index is 2.00. The summed E-state index contributed by atoms with van der Waals surface area (Å²) >= 11 is 0. The number of hydrogen-bond acceptors (Lipinski definition) is 1. The number of nitrogens with zero attached hydrogens (tertiary/aromatic N) is 1. The van der Waals surface area contributed by atoms with Gasteiger partial charge < -0.3 is 0 Å². The largest absolute Gasteiger partial charge is 0.297 e. The van der Waals surface area contributed by atoms with Crippen LogP contribution in [-0.4, -0.2) is 12.8 Å². The predicted molar refractivity (Wildman–Crippen MR) is 91.7 cm³/mol. The minimum atomic E-state index is 0.649. The van der Waals surface area contributed by atoms with E-state index in [1.54, 1.807) is 11.1 Å². The molecule has 0 spiro atoms. The molecule has 1 aliphatic heterocycles. The number of rotatable bonds is 1. The van der Waals surface area contributed by atoms with Crippen molar-refractivity contribution in [1.82, 2.24) is 0 Å². The van der Waals surface area contributed by atoms with Gasteiger partial charge in [-0.1, -0.05) is 61.6 Å². The Hall–Kier alpha value is -1.37. The topological polar surface area (TPSA) is 12.4 Å². The lowest BCUT2D eigenvalue weighted by atomic mass is 9.73. The van der Waals surface area contributed by atoms with Crippen LogP contribution < -0.4 is 0 Å². The molecule has 0 N–H and O–H groups in total. The van der Waals surface area contributed by atoms with Crippen LogP contribution in [0.25, 0.3) is 5.57 Å². The first-order valence-corrected chi connectivity index (χ1v) is 8.61. The van der Waals surface area contributed by atoms with Crippen molar-refractivity contribution in [1.29, 1.82) is 0 Å². The van der Waals surface area contributed by atoms with Crippen molar-refractivity contribution < 1.29 is 0 Å². The summed E-state index contributed by atoms with van der Waals surface area (Å²) in [5.41, 5.74) is 4.64. The standard InChI is InChI=1S/C20H27N/c1-16-13-14-21-15-18-11-5-2-3-8-12-19(18)20(16)17-9-6-4-7-10-17/h4,6-7,9-10,15,18-19H,2-3,5,8,11-14H2,1H3. The highest BCUT2D eigenvalue weighted by Crippen LogP contribution is 2.40. The van der Waals surface area contributed by atoms with Crippen LogP contribution in [0.5, 0.6) is 0 Å². The number of fused-ring (bicyclic) bond motifs is 1. The normalized spacial score (nSPS) is 27.3.